The number of nitrogens with zero attached hydrogens (tertiary/aromatic N) is 1. The van der Waals surface area contributed by atoms with Gasteiger partial charge in [-0.1, -0.05) is 27.5 Å². The highest BCUT2D eigenvalue weighted by Gasteiger charge is 2.09. The van der Waals surface area contributed by atoms with Crippen molar-refractivity contribution in [2.45, 2.75) is 13.1 Å². The SMILES string of the molecule is Clc1cc(Br)ccc1-c1ccc(CNCc2ccncc2)o1. The number of nitrogens with one attached hydrogen (secondary N) is 1. The normalized spacial score (nSPS) is 10.8. The molecule has 0 spiro atoms. The Morgan fingerprint density at radius 2 is 1.86 bits per heavy atom. The number of halogens is 2. The predicted molar refractivity (Wildman–Crippen MR) is 91.6 cm³/mol. The highest BCUT2D eigenvalue weighted by atomic mass is 79.9. The fraction of sp³-hybridized carbons (Fsp3) is 0.118. The topological polar surface area (TPSA) is 38.1 Å². The highest BCUT2D eigenvalue weighted by molar-refractivity contribution is 9.10. The van der Waals surface area contributed by atoms with Crippen molar-refractivity contribution in [2.75, 3.05) is 0 Å². The second kappa shape index (κ2) is 7.09. The average molecular weight is 378 g/mol. The Hall–Kier alpha value is -1.62. The van der Waals surface area contributed by atoms with E-state index in [1.807, 2.05) is 42.5 Å². The first kappa shape index (κ1) is 15.3. The van der Waals surface area contributed by atoms with E-state index >= 15 is 0 Å². The van der Waals surface area contributed by atoms with Crippen molar-refractivity contribution in [3.05, 3.63) is 75.7 Å². The quantitative estimate of drug-likeness (QED) is 0.676. The average Bonchev–Trinajstić information content (AvgIpc) is 2.97. The smallest absolute Gasteiger partial charge is 0.135 e. The zero-order valence-corrected chi connectivity index (χ0v) is 14.1. The molecule has 0 aliphatic heterocycles. The number of benzene rings is 1. The van der Waals surface area contributed by atoms with Crippen molar-refractivity contribution in [3.8, 4) is 11.3 Å². The summed E-state index contributed by atoms with van der Waals surface area (Å²) < 4.78 is 6.80. The molecule has 5 heteroatoms. The molecule has 0 bridgehead atoms. The van der Waals surface area contributed by atoms with E-state index in [2.05, 4.69) is 26.2 Å². The van der Waals surface area contributed by atoms with Crippen LogP contribution < -0.4 is 5.32 Å². The van der Waals surface area contributed by atoms with E-state index in [1.165, 1.54) is 5.56 Å². The Balaban J connectivity index is 1.64. The molecule has 3 aromatic rings. The molecule has 1 aromatic carbocycles. The van der Waals surface area contributed by atoms with Gasteiger partial charge in [0.1, 0.15) is 11.5 Å². The zero-order valence-electron chi connectivity index (χ0n) is 11.7. The minimum Gasteiger partial charge on any atom is -0.460 e. The van der Waals surface area contributed by atoms with Gasteiger partial charge in [0.15, 0.2) is 0 Å². The molecular weight excluding hydrogens is 364 g/mol. The van der Waals surface area contributed by atoms with Crippen LogP contribution in [0.25, 0.3) is 11.3 Å². The molecule has 0 saturated carbocycles. The van der Waals surface area contributed by atoms with E-state index in [0.29, 0.717) is 11.6 Å². The Morgan fingerprint density at radius 1 is 1.05 bits per heavy atom. The Labute approximate surface area is 142 Å². The van der Waals surface area contributed by atoms with Crippen molar-refractivity contribution in [1.29, 1.82) is 0 Å². The molecule has 0 aliphatic rings. The van der Waals surface area contributed by atoms with E-state index in [0.717, 1.165) is 28.1 Å². The van der Waals surface area contributed by atoms with E-state index in [9.17, 15) is 0 Å². The van der Waals surface area contributed by atoms with Crippen LogP contribution in [0.15, 0.2) is 63.7 Å². The molecule has 1 N–H and O–H groups in total. The van der Waals surface area contributed by atoms with Crippen molar-refractivity contribution in [2.24, 2.45) is 0 Å². The maximum absolute atomic E-state index is 6.25. The van der Waals surface area contributed by atoms with E-state index in [1.54, 1.807) is 12.4 Å². The monoisotopic (exact) mass is 376 g/mol. The minimum atomic E-state index is 0.663. The molecule has 2 aromatic heterocycles. The summed E-state index contributed by atoms with van der Waals surface area (Å²) in [5, 5.41) is 4.01. The van der Waals surface area contributed by atoms with Crippen LogP contribution in [0.4, 0.5) is 0 Å². The summed E-state index contributed by atoms with van der Waals surface area (Å²) in [7, 11) is 0. The summed E-state index contributed by atoms with van der Waals surface area (Å²) in [5.74, 6) is 1.65. The molecule has 0 aliphatic carbocycles. The Morgan fingerprint density at radius 3 is 2.64 bits per heavy atom. The third-order valence-electron chi connectivity index (χ3n) is 3.24. The molecule has 0 radical (unpaired) electrons. The van der Waals surface area contributed by atoms with Gasteiger partial charge in [-0.15, -0.1) is 0 Å². The highest BCUT2D eigenvalue weighted by Crippen LogP contribution is 2.31. The van der Waals surface area contributed by atoms with Crippen LogP contribution in [0.1, 0.15) is 11.3 Å². The van der Waals surface area contributed by atoms with Gasteiger partial charge in [0, 0.05) is 29.0 Å². The molecular formula is C17H14BrClN2O. The molecule has 0 amide bonds. The predicted octanol–water partition coefficient (Wildman–Crippen LogP) is 5.05. The van der Waals surface area contributed by atoms with Gasteiger partial charge in [-0.25, -0.2) is 0 Å². The van der Waals surface area contributed by atoms with Crippen molar-refractivity contribution in [3.63, 3.8) is 0 Å². The van der Waals surface area contributed by atoms with E-state index < -0.39 is 0 Å². The summed E-state index contributed by atoms with van der Waals surface area (Å²) in [6.45, 7) is 1.44. The Bertz CT molecular complexity index is 758. The van der Waals surface area contributed by atoms with Crippen LogP contribution in [-0.2, 0) is 13.1 Å². The molecule has 112 valence electrons. The lowest BCUT2D eigenvalue weighted by Gasteiger charge is -2.03. The number of pyridine rings is 1. The molecule has 2 heterocycles. The van der Waals surface area contributed by atoms with Crippen LogP contribution in [-0.4, -0.2) is 4.98 Å². The lowest BCUT2D eigenvalue weighted by atomic mass is 10.2. The second-order valence-electron chi connectivity index (χ2n) is 4.85. The lowest BCUT2D eigenvalue weighted by Crippen LogP contribution is -2.11. The molecule has 0 fully saturated rings. The number of hydrogen-bond donors (Lipinski definition) is 1. The third kappa shape index (κ3) is 3.77. The molecule has 22 heavy (non-hydrogen) atoms. The first-order valence-electron chi connectivity index (χ1n) is 6.86. The first-order valence-corrected chi connectivity index (χ1v) is 8.03. The summed E-state index contributed by atoms with van der Waals surface area (Å²) in [6, 6.07) is 13.6. The number of furan rings is 1. The molecule has 0 unspecified atom stereocenters. The number of rotatable bonds is 5. The van der Waals surface area contributed by atoms with Gasteiger partial charge in [0.05, 0.1) is 11.6 Å². The fourth-order valence-electron chi connectivity index (χ4n) is 2.14. The number of aromatic nitrogens is 1. The van der Waals surface area contributed by atoms with Gasteiger partial charge in [0.25, 0.3) is 0 Å². The van der Waals surface area contributed by atoms with Gasteiger partial charge in [-0.05, 0) is 48.0 Å². The third-order valence-corrected chi connectivity index (χ3v) is 4.04. The molecule has 3 nitrogen and oxygen atoms in total. The van der Waals surface area contributed by atoms with E-state index in [4.69, 9.17) is 16.0 Å². The second-order valence-corrected chi connectivity index (χ2v) is 6.17. The van der Waals surface area contributed by atoms with Crippen LogP contribution >= 0.6 is 27.5 Å². The molecule has 3 rings (SSSR count). The van der Waals surface area contributed by atoms with Gasteiger partial charge in [0.2, 0.25) is 0 Å². The fourth-order valence-corrected chi connectivity index (χ4v) is 2.90. The standard InChI is InChI=1S/C17H14BrClN2O/c18-13-1-3-15(16(19)9-13)17-4-2-14(22-17)11-21-10-12-5-7-20-8-6-12/h1-9,21H,10-11H2. The maximum Gasteiger partial charge on any atom is 0.135 e. The molecule has 0 atom stereocenters. The van der Waals surface area contributed by atoms with Crippen LogP contribution in [0.2, 0.25) is 5.02 Å². The summed E-state index contributed by atoms with van der Waals surface area (Å²) in [4.78, 5) is 4.00. The summed E-state index contributed by atoms with van der Waals surface area (Å²) in [6.07, 6.45) is 3.58. The van der Waals surface area contributed by atoms with Crippen molar-refractivity contribution in [1.82, 2.24) is 10.3 Å². The summed E-state index contributed by atoms with van der Waals surface area (Å²) in [5.41, 5.74) is 2.09. The summed E-state index contributed by atoms with van der Waals surface area (Å²) >= 11 is 9.65. The zero-order chi connectivity index (χ0) is 15.4. The van der Waals surface area contributed by atoms with Gasteiger partial charge < -0.3 is 9.73 Å². The number of hydrogen-bond acceptors (Lipinski definition) is 3. The largest absolute Gasteiger partial charge is 0.460 e. The minimum absolute atomic E-state index is 0.663. The van der Waals surface area contributed by atoms with Crippen LogP contribution in [0, 0.1) is 0 Å². The maximum atomic E-state index is 6.25. The van der Waals surface area contributed by atoms with Gasteiger partial charge in [-0.2, -0.15) is 0 Å². The van der Waals surface area contributed by atoms with Crippen molar-refractivity contribution >= 4 is 27.5 Å². The molecule has 0 saturated heterocycles. The van der Waals surface area contributed by atoms with Gasteiger partial charge in [-0.3, -0.25) is 4.98 Å². The Kier molecular flexibility index (Phi) is 4.93. The lowest BCUT2D eigenvalue weighted by molar-refractivity contribution is 0.493. The van der Waals surface area contributed by atoms with Gasteiger partial charge >= 0.3 is 0 Å². The van der Waals surface area contributed by atoms with E-state index in [-0.39, 0.29) is 0 Å². The van der Waals surface area contributed by atoms with Crippen LogP contribution in [0.5, 0.6) is 0 Å². The van der Waals surface area contributed by atoms with Crippen LogP contribution in [0.3, 0.4) is 0 Å². The first-order chi connectivity index (χ1) is 10.7. The van der Waals surface area contributed by atoms with Crippen molar-refractivity contribution < 1.29 is 4.42 Å².